The van der Waals surface area contributed by atoms with Crippen molar-refractivity contribution in [2.24, 2.45) is 17.8 Å². The quantitative estimate of drug-likeness (QED) is 0.596. The van der Waals surface area contributed by atoms with E-state index in [1.165, 1.54) is 6.54 Å². The van der Waals surface area contributed by atoms with E-state index in [1.54, 1.807) is 5.69 Å². The molecule has 0 bridgehead atoms. The number of hydrogen-bond acceptors (Lipinski definition) is 0. The summed E-state index contributed by atoms with van der Waals surface area (Å²) in [6.45, 7) is 6.00. The molecule has 2 aliphatic rings. The van der Waals surface area contributed by atoms with Crippen LogP contribution in [0.4, 0.5) is 0 Å². The molecule has 3 atom stereocenters. The van der Waals surface area contributed by atoms with E-state index in [1.807, 2.05) is 0 Å². The Balaban J connectivity index is 1.93. The number of hydrogen-bond donors (Lipinski definition) is 0. The fourth-order valence-corrected chi connectivity index (χ4v) is 3.08. The predicted octanol–water partition coefficient (Wildman–Crippen LogP) is 2.49. The standard InChI is InChI=1S/C11H15N/c1-7(2)10-8-6-12-5-3-4-9(12)11(8)10/h3-5,7-8,10-11H,6H2,1-2H3. The van der Waals surface area contributed by atoms with Crippen molar-refractivity contribution in [1.82, 2.24) is 4.57 Å². The van der Waals surface area contributed by atoms with Crippen LogP contribution in [0.25, 0.3) is 0 Å². The normalized spacial score (nSPS) is 36.8. The molecule has 0 aromatic carbocycles. The van der Waals surface area contributed by atoms with Crippen LogP contribution in [0.5, 0.6) is 0 Å². The van der Waals surface area contributed by atoms with Crippen LogP contribution in [0.15, 0.2) is 18.3 Å². The van der Waals surface area contributed by atoms with Crippen molar-refractivity contribution in [3.8, 4) is 0 Å². The summed E-state index contributed by atoms with van der Waals surface area (Å²) in [4.78, 5) is 0. The van der Waals surface area contributed by atoms with Crippen LogP contribution in [0.3, 0.4) is 0 Å². The zero-order valence-corrected chi connectivity index (χ0v) is 7.70. The van der Waals surface area contributed by atoms with Crippen molar-refractivity contribution in [2.45, 2.75) is 26.3 Å². The van der Waals surface area contributed by atoms with E-state index in [0.717, 1.165) is 23.7 Å². The number of nitrogens with zero attached hydrogens (tertiary/aromatic N) is 1. The molecule has 1 heteroatoms. The summed E-state index contributed by atoms with van der Waals surface area (Å²) in [6.07, 6.45) is 2.22. The minimum absolute atomic E-state index is 0.878. The highest BCUT2D eigenvalue weighted by Crippen LogP contribution is 2.62. The second-order valence-electron chi connectivity index (χ2n) is 4.60. The number of rotatable bonds is 1. The van der Waals surface area contributed by atoms with Crippen LogP contribution in [0.1, 0.15) is 25.5 Å². The molecule has 1 aliphatic carbocycles. The lowest BCUT2D eigenvalue weighted by atomic mass is 10.0. The molecule has 2 heterocycles. The molecule has 12 heavy (non-hydrogen) atoms. The molecule has 0 saturated heterocycles. The van der Waals surface area contributed by atoms with E-state index in [4.69, 9.17) is 0 Å². The molecule has 64 valence electrons. The summed E-state index contributed by atoms with van der Waals surface area (Å²) in [5.41, 5.74) is 1.60. The summed E-state index contributed by atoms with van der Waals surface area (Å²) < 4.78 is 2.42. The fraction of sp³-hybridized carbons (Fsp3) is 0.636. The first kappa shape index (κ1) is 6.76. The molecule has 3 rings (SSSR count). The van der Waals surface area contributed by atoms with Gasteiger partial charge >= 0.3 is 0 Å². The number of aromatic nitrogens is 1. The topological polar surface area (TPSA) is 4.93 Å². The third-order valence-corrected chi connectivity index (χ3v) is 3.61. The van der Waals surface area contributed by atoms with Gasteiger partial charge in [-0.1, -0.05) is 13.8 Å². The average molecular weight is 161 g/mol. The first-order valence-electron chi connectivity index (χ1n) is 4.94. The zero-order valence-electron chi connectivity index (χ0n) is 7.70. The Morgan fingerprint density at radius 2 is 2.33 bits per heavy atom. The fourth-order valence-electron chi connectivity index (χ4n) is 3.08. The van der Waals surface area contributed by atoms with Gasteiger partial charge in [0, 0.05) is 24.4 Å². The molecule has 0 radical (unpaired) electrons. The Morgan fingerprint density at radius 1 is 1.50 bits per heavy atom. The van der Waals surface area contributed by atoms with Crippen LogP contribution in [-0.2, 0) is 6.54 Å². The van der Waals surface area contributed by atoms with Crippen LogP contribution in [0, 0.1) is 17.8 Å². The Hall–Kier alpha value is -0.720. The Morgan fingerprint density at radius 3 is 3.08 bits per heavy atom. The molecular weight excluding hydrogens is 146 g/mol. The van der Waals surface area contributed by atoms with Gasteiger partial charge in [0.1, 0.15) is 0 Å². The molecule has 1 saturated carbocycles. The Labute approximate surface area is 73.4 Å². The van der Waals surface area contributed by atoms with Crippen molar-refractivity contribution in [3.63, 3.8) is 0 Å². The zero-order chi connectivity index (χ0) is 8.29. The maximum absolute atomic E-state index is 2.42. The first-order chi connectivity index (χ1) is 5.79. The molecule has 0 spiro atoms. The largest absolute Gasteiger partial charge is 0.351 e. The van der Waals surface area contributed by atoms with E-state index in [0.29, 0.717) is 0 Å². The summed E-state index contributed by atoms with van der Waals surface area (Å²) in [7, 11) is 0. The SMILES string of the molecule is CC(C)C1C2Cn3cccc3C21. The van der Waals surface area contributed by atoms with E-state index < -0.39 is 0 Å². The van der Waals surface area contributed by atoms with Crippen LogP contribution in [0.2, 0.25) is 0 Å². The highest BCUT2D eigenvalue weighted by molar-refractivity contribution is 5.29. The van der Waals surface area contributed by atoms with E-state index in [2.05, 4.69) is 36.7 Å². The van der Waals surface area contributed by atoms with Gasteiger partial charge in [0.2, 0.25) is 0 Å². The molecule has 0 N–H and O–H groups in total. The molecule has 3 unspecified atom stereocenters. The molecule has 1 aliphatic heterocycles. The van der Waals surface area contributed by atoms with Crippen molar-refractivity contribution in [1.29, 1.82) is 0 Å². The van der Waals surface area contributed by atoms with Gasteiger partial charge < -0.3 is 4.57 Å². The van der Waals surface area contributed by atoms with Crippen molar-refractivity contribution >= 4 is 0 Å². The lowest BCUT2D eigenvalue weighted by Gasteiger charge is -2.08. The monoisotopic (exact) mass is 161 g/mol. The van der Waals surface area contributed by atoms with Gasteiger partial charge in [0.15, 0.2) is 0 Å². The molecule has 1 aromatic heterocycles. The third kappa shape index (κ3) is 0.650. The Bertz CT molecular complexity index is 311. The molecule has 0 amide bonds. The highest BCUT2D eigenvalue weighted by atomic mass is 15.0. The predicted molar refractivity (Wildman–Crippen MR) is 49.0 cm³/mol. The van der Waals surface area contributed by atoms with Crippen LogP contribution >= 0.6 is 0 Å². The first-order valence-corrected chi connectivity index (χ1v) is 4.94. The minimum atomic E-state index is 0.878. The van der Waals surface area contributed by atoms with Crippen LogP contribution in [-0.4, -0.2) is 4.57 Å². The van der Waals surface area contributed by atoms with Crippen molar-refractivity contribution in [3.05, 3.63) is 24.0 Å². The van der Waals surface area contributed by atoms with E-state index in [9.17, 15) is 0 Å². The lowest BCUT2D eigenvalue weighted by molar-refractivity contribution is 0.468. The maximum Gasteiger partial charge on any atom is 0.0260 e. The number of fused-ring (bicyclic) bond motifs is 3. The molecule has 1 aromatic rings. The third-order valence-electron chi connectivity index (χ3n) is 3.61. The van der Waals surface area contributed by atoms with E-state index in [-0.39, 0.29) is 0 Å². The summed E-state index contributed by atoms with van der Waals surface area (Å²) in [6, 6.07) is 4.48. The van der Waals surface area contributed by atoms with Gasteiger partial charge in [-0.15, -0.1) is 0 Å². The second kappa shape index (κ2) is 1.95. The van der Waals surface area contributed by atoms with Crippen LogP contribution < -0.4 is 0 Å². The van der Waals surface area contributed by atoms with Gasteiger partial charge in [-0.3, -0.25) is 0 Å². The smallest absolute Gasteiger partial charge is 0.0260 e. The summed E-state index contributed by atoms with van der Waals surface area (Å²) in [5.74, 6) is 3.78. The van der Waals surface area contributed by atoms with Gasteiger partial charge in [0.25, 0.3) is 0 Å². The van der Waals surface area contributed by atoms with Gasteiger partial charge in [-0.05, 0) is 29.9 Å². The Kier molecular flexibility index (Phi) is 1.10. The highest BCUT2D eigenvalue weighted by Gasteiger charge is 2.56. The van der Waals surface area contributed by atoms with E-state index >= 15 is 0 Å². The summed E-state index contributed by atoms with van der Waals surface area (Å²) in [5, 5.41) is 0. The van der Waals surface area contributed by atoms with Gasteiger partial charge in [-0.25, -0.2) is 0 Å². The molecule has 1 fully saturated rings. The van der Waals surface area contributed by atoms with Crippen molar-refractivity contribution in [2.75, 3.05) is 0 Å². The maximum atomic E-state index is 2.42. The average Bonchev–Trinajstić information content (AvgIpc) is 2.40. The van der Waals surface area contributed by atoms with Gasteiger partial charge in [-0.2, -0.15) is 0 Å². The molecule has 1 nitrogen and oxygen atoms in total. The van der Waals surface area contributed by atoms with Crippen molar-refractivity contribution < 1.29 is 0 Å². The lowest BCUT2D eigenvalue weighted by Crippen LogP contribution is -2.04. The summed E-state index contributed by atoms with van der Waals surface area (Å²) >= 11 is 0. The second-order valence-corrected chi connectivity index (χ2v) is 4.60. The minimum Gasteiger partial charge on any atom is -0.351 e. The molecular formula is C11H15N. The van der Waals surface area contributed by atoms with Gasteiger partial charge in [0.05, 0.1) is 0 Å².